The Morgan fingerprint density at radius 3 is 3.19 bits per heavy atom. The van der Waals surface area contributed by atoms with Crippen LogP contribution in [0.1, 0.15) is 12.5 Å². The Morgan fingerprint density at radius 2 is 2.44 bits per heavy atom. The van der Waals surface area contributed by atoms with Crippen molar-refractivity contribution in [1.29, 1.82) is 0 Å². The Hall–Kier alpha value is -1.58. The van der Waals surface area contributed by atoms with Crippen LogP contribution in [0.25, 0.3) is 0 Å². The third kappa shape index (κ3) is 2.15. The molecule has 1 atom stereocenters. The molecule has 0 spiro atoms. The molecule has 0 aromatic heterocycles. The van der Waals surface area contributed by atoms with E-state index in [4.69, 9.17) is 4.74 Å². The lowest BCUT2D eigenvalue weighted by atomic mass is 9.94. The van der Waals surface area contributed by atoms with Crippen molar-refractivity contribution < 1.29 is 13.9 Å². The number of esters is 1. The van der Waals surface area contributed by atoms with Crippen LogP contribution in [0, 0.1) is 11.7 Å². The molecular formula is C12H14FNO2. The monoisotopic (exact) mass is 223 g/mol. The molecule has 86 valence electrons. The van der Waals surface area contributed by atoms with E-state index in [0.717, 1.165) is 11.3 Å². The number of hydrogen-bond donors (Lipinski definition) is 1. The molecule has 0 saturated heterocycles. The summed E-state index contributed by atoms with van der Waals surface area (Å²) in [5.74, 6) is -0.704. The first-order valence-electron chi connectivity index (χ1n) is 5.39. The van der Waals surface area contributed by atoms with Gasteiger partial charge in [0, 0.05) is 12.2 Å². The summed E-state index contributed by atoms with van der Waals surface area (Å²) in [7, 11) is 0. The maximum atomic E-state index is 13.0. The zero-order valence-corrected chi connectivity index (χ0v) is 9.13. The first-order valence-corrected chi connectivity index (χ1v) is 5.39. The minimum atomic E-state index is -0.273. The average molecular weight is 223 g/mol. The highest BCUT2D eigenvalue weighted by atomic mass is 19.1. The van der Waals surface area contributed by atoms with Gasteiger partial charge in [0.2, 0.25) is 0 Å². The van der Waals surface area contributed by atoms with Crippen molar-refractivity contribution in [2.45, 2.75) is 13.3 Å². The molecule has 1 aliphatic rings. The molecule has 1 heterocycles. The van der Waals surface area contributed by atoms with Crippen LogP contribution >= 0.6 is 0 Å². The van der Waals surface area contributed by atoms with Gasteiger partial charge in [-0.05, 0) is 37.1 Å². The predicted octanol–water partition coefficient (Wildman–Crippen LogP) is 1.97. The molecule has 4 heteroatoms. The smallest absolute Gasteiger partial charge is 0.311 e. The molecule has 0 unspecified atom stereocenters. The molecule has 2 rings (SSSR count). The number of nitrogens with one attached hydrogen (secondary N) is 1. The molecule has 1 aromatic carbocycles. The van der Waals surface area contributed by atoms with Crippen molar-refractivity contribution in [3.8, 4) is 0 Å². The van der Waals surface area contributed by atoms with Crippen molar-refractivity contribution >= 4 is 11.7 Å². The maximum Gasteiger partial charge on any atom is 0.311 e. The number of fused-ring (bicyclic) bond motifs is 1. The summed E-state index contributed by atoms with van der Waals surface area (Å²) < 4.78 is 18.0. The van der Waals surface area contributed by atoms with Gasteiger partial charge in [0.05, 0.1) is 12.5 Å². The molecule has 0 bridgehead atoms. The Balaban J connectivity index is 2.13. The quantitative estimate of drug-likeness (QED) is 0.779. The third-order valence-electron chi connectivity index (χ3n) is 2.69. The molecule has 0 amide bonds. The van der Waals surface area contributed by atoms with Crippen LogP contribution < -0.4 is 5.32 Å². The molecule has 3 nitrogen and oxygen atoms in total. The number of ether oxygens (including phenoxy) is 1. The van der Waals surface area contributed by atoms with Gasteiger partial charge in [-0.25, -0.2) is 4.39 Å². The lowest BCUT2D eigenvalue weighted by Gasteiger charge is -2.24. The largest absolute Gasteiger partial charge is 0.466 e. The Bertz CT molecular complexity index is 406. The van der Waals surface area contributed by atoms with Gasteiger partial charge in [0.25, 0.3) is 0 Å². The normalized spacial score (nSPS) is 18.5. The van der Waals surface area contributed by atoms with Crippen molar-refractivity contribution in [1.82, 2.24) is 0 Å². The van der Waals surface area contributed by atoms with Crippen molar-refractivity contribution in [3.05, 3.63) is 29.6 Å². The van der Waals surface area contributed by atoms with E-state index in [1.165, 1.54) is 12.1 Å². The van der Waals surface area contributed by atoms with Crippen LogP contribution in [0.4, 0.5) is 10.1 Å². The average Bonchev–Trinajstić information content (AvgIpc) is 2.28. The first kappa shape index (κ1) is 10.9. The Labute approximate surface area is 93.6 Å². The molecule has 1 N–H and O–H groups in total. The minimum absolute atomic E-state index is 0.214. The third-order valence-corrected chi connectivity index (χ3v) is 2.69. The van der Waals surface area contributed by atoms with Crippen LogP contribution in [0.2, 0.25) is 0 Å². The summed E-state index contributed by atoms with van der Waals surface area (Å²) >= 11 is 0. The molecule has 1 aliphatic heterocycles. The van der Waals surface area contributed by atoms with Crippen LogP contribution in [0.15, 0.2) is 18.2 Å². The summed E-state index contributed by atoms with van der Waals surface area (Å²) in [6.45, 7) is 2.71. The van der Waals surface area contributed by atoms with E-state index in [0.29, 0.717) is 19.6 Å². The van der Waals surface area contributed by atoms with Gasteiger partial charge in [0.1, 0.15) is 5.82 Å². The van der Waals surface area contributed by atoms with Gasteiger partial charge >= 0.3 is 5.97 Å². The summed E-state index contributed by atoms with van der Waals surface area (Å²) in [6, 6.07) is 4.58. The molecule has 16 heavy (non-hydrogen) atoms. The lowest BCUT2D eigenvalue weighted by molar-refractivity contribution is -0.147. The standard InChI is InChI=1S/C12H14FNO2/c1-2-16-12(15)9-5-8-6-10(13)3-4-11(8)14-7-9/h3-4,6,9,14H,2,5,7H2,1H3/t9-/m1/s1. The van der Waals surface area contributed by atoms with Gasteiger partial charge < -0.3 is 10.1 Å². The zero-order chi connectivity index (χ0) is 11.5. The van der Waals surface area contributed by atoms with Gasteiger partial charge in [-0.15, -0.1) is 0 Å². The van der Waals surface area contributed by atoms with E-state index in [1.54, 1.807) is 13.0 Å². The number of anilines is 1. The molecule has 0 radical (unpaired) electrons. The second kappa shape index (κ2) is 4.51. The van der Waals surface area contributed by atoms with Crippen molar-refractivity contribution in [3.63, 3.8) is 0 Å². The van der Waals surface area contributed by atoms with E-state index in [9.17, 15) is 9.18 Å². The fraction of sp³-hybridized carbons (Fsp3) is 0.417. The predicted molar refractivity (Wildman–Crippen MR) is 58.7 cm³/mol. The molecule has 1 aromatic rings. The van der Waals surface area contributed by atoms with Crippen LogP contribution in [-0.4, -0.2) is 19.1 Å². The van der Waals surface area contributed by atoms with E-state index >= 15 is 0 Å². The second-order valence-corrected chi connectivity index (χ2v) is 3.84. The maximum absolute atomic E-state index is 13.0. The Morgan fingerprint density at radius 1 is 1.62 bits per heavy atom. The highest BCUT2D eigenvalue weighted by Gasteiger charge is 2.25. The number of carbonyl (C=O) groups excluding carboxylic acids is 1. The van der Waals surface area contributed by atoms with Crippen LogP contribution in [0.3, 0.4) is 0 Å². The topological polar surface area (TPSA) is 38.3 Å². The molecule has 0 fully saturated rings. The molecule has 0 saturated carbocycles. The van der Waals surface area contributed by atoms with E-state index in [1.807, 2.05) is 0 Å². The van der Waals surface area contributed by atoms with Gasteiger partial charge in [0.15, 0.2) is 0 Å². The lowest BCUT2D eigenvalue weighted by Crippen LogP contribution is -2.31. The fourth-order valence-corrected chi connectivity index (χ4v) is 1.90. The SMILES string of the molecule is CCOC(=O)[C@H]1CNc2ccc(F)cc2C1. The number of hydrogen-bond acceptors (Lipinski definition) is 3. The van der Waals surface area contributed by atoms with Gasteiger partial charge in [-0.3, -0.25) is 4.79 Å². The van der Waals surface area contributed by atoms with E-state index < -0.39 is 0 Å². The van der Waals surface area contributed by atoms with Crippen molar-refractivity contribution in [2.24, 2.45) is 5.92 Å². The number of rotatable bonds is 2. The second-order valence-electron chi connectivity index (χ2n) is 3.84. The minimum Gasteiger partial charge on any atom is -0.466 e. The van der Waals surface area contributed by atoms with Crippen LogP contribution in [0.5, 0.6) is 0 Å². The first-order chi connectivity index (χ1) is 7.70. The molecule has 0 aliphatic carbocycles. The fourth-order valence-electron chi connectivity index (χ4n) is 1.90. The summed E-state index contributed by atoms with van der Waals surface area (Å²) in [5, 5.41) is 3.11. The van der Waals surface area contributed by atoms with Gasteiger partial charge in [-0.2, -0.15) is 0 Å². The number of benzene rings is 1. The van der Waals surface area contributed by atoms with E-state index in [-0.39, 0.29) is 17.7 Å². The summed E-state index contributed by atoms with van der Waals surface area (Å²) in [5.41, 5.74) is 1.74. The number of halogens is 1. The Kier molecular flexibility index (Phi) is 3.08. The highest BCUT2D eigenvalue weighted by Crippen LogP contribution is 2.25. The molecular weight excluding hydrogens is 209 g/mol. The van der Waals surface area contributed by atoms with E-state index in [2.05, 4.69) is 5.32 Å². The van der Waals surface area contributed by atoms with Gasteiger partial charge in [-0.1, -0.05) is 0 Å². The number of carbonyl (C=O) groups is 1. The van der Waals surface area contributed by atoms with Crippen molar-refractivity contribution in [2.75, 3.05) is 18.5 Å². The summed E-state index contributed by atoms with van der Waals surface area (Å²) in [4.78, 5) is 11.5. The highest BCUT2D eigenvalue weighted by molar-refractivity contribution is 5.75. The summed E-state index contributed by atoms with van der Waals surface area (Å²) in [6.07, 6.45) is 0.541. The zero-order valence-electron chi connectivity index (χ0n) is 9.13. The van der Waals surface area contributed by atoms with Crippen LogP contribution in [-0.2, 0) is 16.0 Å².